The summed E-state index contributed by atoms with van der Waals surface area (Å²) in [5, 5.41) is 5.67. The van der Waals surface area contributed by atoms with Crippen LogP contribution in [-0.2, 0) is 0 Å². The number of aromatic nitrogens is 1. The van der Waals surface area contributed by atoms with Crippen LogP contribution in [0.4, 0.5) is 15.9 Å². The largest absolute Gasteiger partial charge is 0.382 e. The van der Waals surface area contributed by atoms with E-state index in [1.54, 1.807) is 18.3 Å². The molecule has 2 aromatic rings. The molecule has 0 aliphatic carbocycles. The fourth-order valence-electron chi connectivity index (χ4n) is 1.93. The first-order chi connectivity index (χ1) is 10.1. The molecule has 21 heavy (non-hydrogen) atoms. The zero-order valence-electron chi connectivity index (χ0n) is 12.1. The van der Waals surface area contributed by atoms with Crippen molar-refractivity contribution in [3.63, 3.8) is 0 Å². The van der Waals surface area contributed by atoms with Gasteiger partial charge < -0.3 is 10.6 Å². The molecule has 1 amide bonds. The number of rotatable bonds is 5. The average molecular weight is 287 g/mol. The number of amides is 1. The Morgan fingerprint density at radius 1 is 1.29 bits per heavy atom. The highest BCUT2D eigenvalue weighted by molar-refractivity contribution is 6.07. The van der Waals surface area contributed by atoms with Crippen LogP contribution in [0.1, 0.15) is 29.3 Å². The number of halogens is 1. The molecule has 2 rings (SSSR count). The molecule has 0 spiro atoms. The van der Waals surface area contributed by atoms with Crippen molar-refractivity contribution in [2.75, 3.05) is 17.2 Å². The molecule has 0 fully saturated rings. The number of hydrogen-bond donors (Lipinski definition) is 2. The van der Waals surface area contributed by atoms with Gasteiger partial charge in [-0.25, -0.2) is 9.37 Å². The Balaban J connectivity index is 2.27. The molecular formula is C16H18FN3O. The number of carbonyl (C=O) groups excluding carboxylic acids is 1. The van der Waals surface area contributed by atoms with E-state index in [1.165, 1.54) is 12.1 Å². The van der Waals surface area contributed by atoms with Gasteiger partial charge in [-0.3, -0.25) is 4.79 Å². The fourth-order valence-corrected chi connectivity index (χ4v) is 1.93. The second-order valence-corrected chi connectivity index (χ2v) is 4.71. The molecule has 0 atom stereocenters. The Kier molecular flexibility index (Phi) is 4.87. The van der Waals surface area contributed by atoms with Gasteiger partial charge in [-0.05, 0) is 37.1 Å². The second-order valence-electron chi connectivity index (χ2n) is 4.71. The van der Waals surface area contributed by atoms with Crippen molar-refractivity contribution in [3.05, 3.63) is 53.5 Å². The number of pyridine rings is 1. The van der Waals surface area contributed by atoms with E-state index in [0.29, 0.717) is 12.4 Å². The Morgan fingerprint density at radius 3 is 2.81 bits per heavy atom. The minimum atomic E-state index is -0.436. The summed E-state index contributed by atoms with van der Waals surface area (Å²) in [6, 6.07) is 8.09. The van der Waals surface area contributed by atoms with Gasteiger partial charge in [-0.1, -0.05) is 19.1 Å². The molecule has 0 aliphatic rings. The van der Waals surface area contributed by atoms with Crippen LogP contribution < -0.4 is 10.6 Å². The van der Waals surface area contributed by atoms with Gasteiger partial charge in [-0.2, -0.15) is 0 Å². The molecule has 5 heteroatoms. The van der Waals surface area contributed by atoms with Crippen LogP contribution in [0.5, 0.6) is 0 Å². The van der Waals surface area contributed by atoms with E-state index < -0.39 is 5.82 Å². The minimum absolute atomic E-state index is 0.227. The van der Waals surface area contributed by atoms with Crippen LogP contribution in [0.3, 0.4) is 0 Å². The van der Waals surface area contributed by atoms with Crippen LogP contribution in [0.15, 0.2) is 36.5 Å². The summed E-state index contributed by atoms with van der Waals surface area (Å²) in [7, 11) is 0. The maximum Gasteiger partial charge on any atom is 0.259 e. The first kappa shape index (κ1) is 15.0. The summed E-state index contributed by atoms with van der Waals surface area (Å²) in [5.74, 6) is -0.336. The lowest BCUT2D eigenvalue weighted by molar-refractivity contribution is 0.102. The van der Waals surface area contributed by atoms with Gasteiger partial charge in [0, 0.05) is 12.7 Å². The number of para-hydroxylation sites is 1. The lowest BCUT2D eigenvalue weighted by atomic mass is 10.1. The van der Waals surface area contributed by atoms with Crippen molar-refractivity contribution in [2.45, 2.75) is 20.3 Å². The molecule has 1 aromatic heterocycles. The summed E-state index contributed by atoms with van der Waals surface area (Å²) in [6.45, 7) is 4.43. The third-order valence-corrected chi connectivity index (χ3v) is 3.05. The van der Waals surface area contributed by atoms with Crippen molar-refractivity contribution in [1.82, 2.24) is 4.98 Å². The first-order valence-electron chi connectivity index (χ1n) is 6.88. The fraction of sp³-hybridized carbons (Fsp3) is 0.250. The topological polar surface area (TPSA) is 54.0 Å². The molecule has 0 saturated carbocycles. The Labute approximate surface area is 123 Å². The predicted octanol–water partition coefficient (Wildman–Crippen LogP) is 3.60. The van der Waals surface area contributed by atoms with Crippen LogP contribution in [-0.4, -0.2) is 17.4 Å². The minimum Gasteiger partial charge on any atom is -0.382 e. The zero-order chi connectivity index (χ0) is 15.2. The standard InChI is InChI=1S/C16H18FN3O/c1-3-9-18-14-12(7-4-8-13(14)17)16(21)20-15-11(2)6-5-10-19-15/h4-8,10,18H,3,9H2,1-2H3,(H,19,20,21). The van der Waals surface area contributed by atoms with Crippen LogP contribution in [0, 0.1) is 12.7 Å². The summed E-state index contributed by atoms with van der Waals surface area (Å²) in [4.78, 5) is 16.5. The summed E-state index contributed by atoms with van der Waals surface area (Å²) >= 11 is 0. The molecule has 0 bridgehead atoms. The van der Waals surface area contributed by atoms with Gasteiger partial charge in [0.1, 0.15) is 11.6 Å². The number of nitrogens with zero attached hydrogens (tertiary/aromatic N) is 1. The van der Waals surface area contributed by atoms with Crippen LogP contribution >= 0.6 is 0 Å². The van der Waals surface area contributed by atoms with Gasteiger partial charge in [0.15, 0.2) is 0 Å². The molecule has 0 radical (unpaired) electrons. The quantitative estimate of drug-likeness (QED) is 0.883. The number of carbonyl (C=O) groups is 1. The maximum atomic E-state index is 13.9. The molecular weight excluding hydrogens is 269 g/mol. The van der Waals surface area contributed by atoms with Gasteiger partial charge in [0.25, 0.3) is 5.91 Å². The van der Waals surface area contributed by atoms with E-state index in [-0.39, 0.29) is 17.2 Å². The smallest absolute Gasteiger partial charge is 0.259 e. The van der Waals surface area contributed by atoms with Crippen molar-refractivity contribution in [2.24, 2.45) is 0 Å². The first-order valence-corrected chi connectivity index (χ1v) is 6.88. The lowest BCUT2D eigenvalue weighted by Gasteiger charge is -2.13. The monoisotopic (exact) mass is 287 g/mol. The number of anilines is 2. The van der Waals surface area contributed by atoms with Crippen molar-refractivity contribution < 1.29 is 9.18 Å². The highest BCUT2D eigenvalue weighted by Crippen LogP contribution is 2.21. The van der Waals surface area contributed by atoms with Gasteiger partial charge in [0.05, 0.1) is 11.3 Å². The molecule has 110 valence electrons. The molecule has 4 nitrogen and oxygen atoms in total. The summed E-state index contributed by atoms with van der Waals surface area (Å²) in [5.41, 5.74) is 1.35. The average Bonchev–Trinajstić information content (AvgIpc) is 2.48. The van der Waals surface area contributed by atoms with E-state index >= 15 is 0 Å². The summed E-state index contributed by atoms with van der Waals surface area (Å²) in [6.07, 6.45) is 2.44. The molecule has 0 saturated heterocycles. The Hall–Kier alpha value is -2.43. The van der Waals surface area contributed by atoms with E-state index in [9.17, 15) is 9.18 Å². The van der Waals surface area contributed by atoms with E-state index in [1.807, 2.05) is 19.9 Å². The molecule has 2 N–H and O–H groups in total. The van der Waals surface area contributed by atoms with Crippen molar-refractivity contribution in [1.29, 1.82) is 0 Å². The zero-order valence-corrected chi connectivity index (χ0v) is 12.1. The second kappa shape index (κ2) is 6.83. The molecule has 0 unspecified atom stereocenters. The highest BCUT2D eigenvalue weighted by Gasteiger charge is 2.15. The Morgan fingerprint density at radius 2 is 2.10 bits per heavy atom. The van der Waals surface area contributed by atoms with Gasteiger partial charge >= 0.3 is 0 Å². The molecule has 1 aromatic carbocycles. The van der Waals surface area contributed by atoms with Crippen LogP contribution in [0.2, 0.25) is 0 Å². The van der Waals surface area contributed by atoms with Crippen molar-refractivity contribution >= 4 is 17.4 Å². The normalized spacial score (nSPS) is 10.2. The predicted molar refractivity (Wildman–Crippen MR) is 82.1 cm³/mol. The highest BCUT2D eigenvalue weighted by atomic mass is 19.1. The number of benzene rings is 1. The van der Waals surface area contributed by atoms with E-state index in [2.05, 4.69) is 15.6 Å². The van der Waals surface area contributed by atoms with E-state index in [0.717, 1.165) is 12.0 Å². The number of aryl methyl sites for hydroxylation is 1. The van der Waals surface area contributed by atoms with Crippen LogP contribution in [0.25, 0.3) is 0 Å². The van der Waals surface area contributed by atoms with Gasteiger partial charge in [0.2, 0.25) is 0 Å². The Bertz CT molecular complexity index is 643. The third-order valence-electron chi connectivity index (χ3n) is 3.05. The number of hydrogen-bond acceptors (Lipinski definition) is 3. The van der Waals surface area contributed by atoms with E-state index in [4.69, 9.17) is 0 Å². The number of nitrogens with one attached hydrogen (secondary N) is 2. The maximum absolute atomic E-state index is 13.9. The summed E-state index contributed by atoms with van der Waals surface area (Å²) < 4.78 is 13.9. The lowest BCUT2D eigenvalue weighted by Crippen LogP contribution is -2.17. The van der Waals surface area contributed by atoms with Gasteiger partial charge in [-0.15, -0.1) is 0 Å². The molecule has 0 aliphatic heterocycles. The third kappa shape index (κ3) is 3.56. The molecule has 1 heterocycles. The SMILES string of the molecule is CCCNc1c(F)cccc1C(=O)Nc1ncccc1C. The van der Waals surface area contributed by atoms with Crippen molar-refractivity contribution in [3.8, 4) is 0 Å².